The van der Waals surface area contributed by atoms with E-state index in [1.807, 2.05) is 31.2 Å². The molecule has 1 aromatic heterocycles. The molecule has 0 fully saturated rings. The van der Waals surface area contributed by atoms with Gasteiger partial charge in [-0.05, 0) is 19.1 Å². The van der Waals surface area contributed by atoms with Crippen LogP contribution < -0.4 is 10.5 Å². The van der Waals surface area contributed by atoms with Crippen LogP contribution >= 0.6 is 0 Å². The van der Waals surface area contributed by atoms with Crippen LogP contribution in [-0.4, -0.2) is 17.1 Å². The van der Waals surface area contributed by atoms with Crippen molar-refractivity contribution in [2.75, 3.05) is 7.11 Å². The number of rotatable bonds is 3. The Labute approximate surface area is 100 Å². The molecule has 4 nitrogen and oxygen atoms in total. The van der Waals surface area contributed by atoms with E-state index in [-0.39, 0.29) is 6.04 Å². The molecule has 0 saturated carbocycles. The lowest BCUT2D eigenvalue weighted by atomic mass is 10.0. The second-order valence-corrected chi connectivity index (χ2v) is 3.86. The SMILES string of the molecule is COc1ccc(C)cc1C(N)c1ccncn1. The highest BCUT2D eigenvalue weighted by molar-refractivity contribution is 5.41. The van der Waals surface area contributed by atoms with E-state index in [0.29, 0.717) is 0 Å². The van der Waals surface area contributed by atoms with Crippen molar-refractivity contribution < 1.29 is 4.74 Å². The molecule has 0 aliphatic carbocycles. The fourth-order valence-electron chi connectivity index (χ4n) is 1.74. The van der Waals surface area contributed by atoms with Gasteiger partial charge in [-0.2, -0.15) is 0 Å². The maximum atomic E-state index is 6.19. The van der Waals surface area contributed by atoms with E-state index in [1.54, 1.807) is 13.3 Å². The molecule has 0 radical (unpaired) electrons. The van der Waals surface area contributed by atoms with E-state index in [2.05, 4.69) is 9.97 Å². The summed E-state index contributed by atoms with van der Waals surface area (Å²) in [5.74, 6) is 0.779. The van der Waals surface area contributed by atoms with Crippen molar-refractivity contribution in [3.05, 3.63) is 53.6 Å². The van der Waals surface area contributed by atoms with Crippen LogP contribution in [0.25, 0.3) is 0 Å². The molecule has 0 spiro atoms. The van der Waals surface area contributed by atoms with Crippen LogP contribution in [0.5, 0.6) is 5.75 Å². The highest BCUT2D eigenvalue weighted by Crippen LogP contribution is 2.27. The molecule has 88 valence electrons. The summed E-state index contributed by atoms with van der Waals surface area (Å²) in [5, 5.41) is 0. The zero-order chi connectivity index (χ0) is 12.3. The topological polar surface area (TPSA) is 61.0 Å². The minimum absolute atomic E-state index is 0.298. The lowest BCUT2D eigenvalue weighted by Crippen LogP contribution is -2.14. The Morgan fingerprint density at radius 2 is 2.12 bits per heavy atom. The standard InChI is InChI=1S/C13H15N3O/c1-9-3-4-12(17-2)10(7-9)13(14)11-5-6-15-8-16-11/h3-8,13H,14H2,1-2H3. The quantitative estimate of drug-likeness (QED) is 0.872. The smallest absolute Gasteiger partial charge is 0.124 e. The number of hydrogen-bond donors (Lipinski definition) is 1. The third-order valence-corrected chi connectivity index (χ3v) is 2.64. The maximum absolute atomic E-state index is 6.19. The van der Waals surface area contributed by atoms with Gasteiger partial charge in [0.15, 0.2) is 0 Å². The van der Waals surface area contributed by atoms with Crippen LogP contribution in [0.1, 0.15) is 22.9 Å². The Morgan fingerprint density at radius 3 is 2.76 bits per heavy atom. The molecule has 2 aromatic rings. The van der Waals surface area contributed by atoms with Gasteiger partial charge in [-0.15, -0.1) is 0 Å². The molecule has 0 aliphatic rings. The van der Waals surface area contributed by atoms with Gasteiger partial charge in [0, 0.05) is 11.8 Å². The molecule has 2 rings (SSSR count). The number of hydrogen-bond acceptors (Lipinski definition) is 4. The molecule has 4 heteroatoms. The highest BCUT2D eigenvalue weighted by atomic mass is 16.5. The maximum Gasteiger partial charge on any atom is 0.124 e. The first-order valence-electron chi connectivity index (χ1n) is 5.38. The monoisotopic (exact) mass is 229 g/mol. The molecule has 1 unspecified atom stereocenters. The van der Waals surface area contributed by atoms with E-state index in [0.717, 1.165) is 22.6 Å². The summed E-state index contributed by atoms with van der Waals surface area (Å²) in [4.78, 5) is 8.05. The molecular formula is C13H15N3O. The summed E-state index contributed by atoms with van der Waals surface area (Å²) in [6.45, 7) is 2.02. The number of nitrogens with zero attached hydrogens (tertiary/aromatic N) is 2. The van der Waals surface area contributed by atoms with Gasteiger partial charge in [0.05, 0.1) is 18.8 Å². The fourth-order valence-corrected chi connectivity index (χ4v) is 1.74. The van der Waals surface area contributed by atoms with Crippen molar-refractivity contribution in [1.29, 1.82) is 0 Å². The van der Waals surface area contributed by atoms with Gasteiger partial charge in [0.1, 0.15) is 12.1 Å². The summed E-state index contributed by atoms with van der Waals surface area (Å²) < 4.78 is 5.32. The van der Waals surface area contributed by atoms with Crippen LogP contribution in [0.3, 0.4) is 0 Å². The van der Waals surface area contributed by atoms with E-state index >= 15 is 0 Å². The number of methoxy groups -OCH3 is 1. The lowest BCUT2D eigenvalue weighted by Gasteiger charge is -2.15. The Balaban J connectivity index is 2.43. The van der Waals surface area contributed by atoms with Gasteiger partial charge >= 0.3 is 0 Å². The average Bonchev–Trinajstić information content (AvgIpc) is 2.39. The summed E-state index contributed by atoms with van der Waals surface area (Å²) in [7, 11) is 1.64. The lowest BCUT2D eigenvalue weighted by molar-refractivity contribution is 0.407. The molecular weight excluding hydrogens is 214 g/mol. The number of nitrogens with two attached hydrogens (primary N) is 1. The Bertz CT molecular complexity index is 499. The molecule has 17 heavy (non-hydrogen) atoms. The van der Waals surface area contributed by atoms with Crippen molar-refractivity contribution in [2.45, 2.75) is 13.0 Å². The fraction of sp³-hybridized carbons (Fsp3) is 0.231. The van der Waals surface area contributed by atoms with Gasteiger partial charge in [0.2, 0.25) is 0 Å². The molecule has 0 amide bonds. The van der Waals surface area contributed by atoms with E-state index in [1.165, 1.54) is 6.33 Å². The van der Waals surface area contributed by atoms with E-state index < -0.39 is 0 Å². The van der Waals surface area contributed by atoms with Crippen molar-refractivity contribution in [2.24, 2.45) is 5.73 Å². The number of aryl methyl sites for hydroxylation is 1. The second kappa shape index (κ2) is 4.93. The Kier molecular flexibility index (Phi) is 3.35. The molecule has 1 atom stereocenters. The summed E-state index contributed by atoms with van der Waals surface area (Å²) in [6.07, 6.45) is 3.18. The van der Waals surface area contributed by atoms with Crippen LogP contribution in [0.4, 0.5) is 0 Å². The molecule has 0 saturated heterocycles. The van der Waals surface area contributed by atoms with Crippen LogP contribution in [-0.2, 0) is 0 Å². The summed E-state index contributed by atoms with van der Waals surface area (Å²) in [5.41, 5.74) is 9.05. The van der Waals surface area contributed by atoms with Crippen molar-refractivity contribution in [1.82, 2.24) is 9.97 Å². The van der Waals surface area contributed by atoms with E-state index in [9.17, 15) is 0 Å². The summed E-state index contributed by atoms with van der Waals surface area (Å²) in [6, 6.07) is 7.45. The first-order valence-corrected chi connectivity index (χ1v) is 5.38. The summed E-state index contributed by atoms with van der Waals surface area (Å²) >= 11 is 0. The number of ether oxygens (including phenoxy) is 1. The highest BCUT2D eigenvalue weighted by Gasteiger charge is 2.15. The first-order chi connectivity index (χ1) is 8.22. The average molecular weight is 229 g/mol. The van der Waals surface area contributed by atoms with Gasteiger partial charge in [-0.1, -0.05) is 17.7 Å². The largest absolute Gasteiger partial charge is 0.496 e. The predicted octanol–water partition coefficient (Wildman–Crippen LogP) is 1.84. The van der Waals surface area contributed by atoms with Crippen LogP contribution in [0.2, 0.25) is 0 Å². The van der Waals surface area contributed by atoms with Gasteiger partial charge in [-0.25, -0.2) is 9.97 Å². The zero-order valence-corrected chi connectivity index (χ0v) is 9.92. The van der Waals surface area contributed by atoms with E-state index in [4.69, 9.17) is 10.5 Å². The van der Waals surface area contributed by atoms with Crippen LogP contribution in [0.15, 0.2) is 36.8 Å². The van der Waals surface area contributed by atoms with Crippen LogP contribution in [0, 0.1) is 6.92 Å². The van der Waals surface area contributed by atoms with Crippen molar-refractivity contribution in [3.63, 3.8) is 0 Å². The Hall–Kier alpha value is -1.94. The van der Waals surface area contributed by atoms with Gasteiger partial charge in [0.25, 0.3) is 0 Å². The minimum Gasteiger partial charge on any atom is -0.496 e. The van der Waals surface area contributed by atoms with Crippen molar-refractivity contribution in [3.8, 4) is 5.75 Å². The normalized spacial score (nSPS) is 12.2. The molecule has 1 heterocycles. The minimum atomic E-state index is -0.298. The molecule has 0 aliphatic heterocycles. The molecule has 2 N–H and O–H groups in total. The first kappa shape index (κ1) is 11.5. The Morgan fingerprint density at radius 1 is 1.29 bits per heavy atom. The van der Waals surface area contributed by atoms with Gasteiger partial charge < -0.3 is 10.5 Å². The molecule has 1 aromatic carbocycles. The third-order valence-electron chi connectivity index (χ3n) is 2.64. The predicted molar refractivity (Wildman–Crippen MR) is 65.8 cm³/mol. The third kappa shape index (κ3) is 2.42. The number of aromatic nitrogens is 2. The molecule has 0 bridgehead atoms. The zero-order valence-electron chi connectivity index (χ0n) is 9.92. The number of benzene rings is 1. The van der Waals surface area contributed by atoms with Crippen molar-refractivity contribution >= 4 is 0 Å². The second-order valence-electron chi connectivity index (χ2n) is 3.86. The van der Waals surface area contributed by atoms with Gasteiger partial charge in [-0.3, -0.25) is 0 Å².